The Labute approximate surface area is 176 Å². The number of likely N-dealkylation sites (N-methyl/N-ethyl adjacent to an activating group) is 1. The molecule has 1 heterocycles. The number of sulfone groups is 1. The minimum atomic E-state index is -3.67. The maximum Gasteiger partial charge on any atom is 0.300 e. The normalized spacial score (nSPS) is 15.3. The third-order valence-corrected chi connectivity index (χ3v) is 5.41. The minimum Gasteiger partial charge on any atom is -0.486 e. The van der Waals surface area contributed by atoms with E-state index in [-0.39, 0.29) is 29.1 Å². The number of hydrogen-bond donors (Lipinski definition) is 1. The lowest BCUT2D eigenvalue weighted by Gasteiger charge is -2.31. The molecule has 0 amide bonds. The predicted octanol–water partition coefficient (Wildman–Crippen LogP) is 2.98. The fraction of sp³-hybridized carbons (Fsp3) is 0.381. The summed E-state index contributed by atoms with van der Waals surface area (Å²) in [5, 5.41) is 7.42. The van der Waals surface area contributed by atoms with E-state index in [4.69, 9.17) is 19.4 Å². The number of nitrogens with zero attached hydrogens (tertiary/aromatic N) is 1. The van der Waals surface area contributed by atoms with Crippen LogP contribution in [0.2, 0.25) is 0 Å². The number of carboxylic acids is 1. The number of carboxylic acid groups (broad SMARTS) is 1. The number of carbonyl (C=O) groups is 1. The fourth-order valence-corrected chi connectivity index (χ4v) is 3.67. The van der Waals surface area contributed by atoms with Crippen molar-refractivity contribution >= 4 is 15.8 Å². The predicted molar refractivity (Wildman–Crippen MR) is 110 cm³/mol. The van der Waals surface area contributed by atoms with Gasteiger partial charge in [0.15, 0.2) is 27.2 Å². The molecule has 0 fully saturated rings. The highest BCUT2D eigenvalue weighted by Gasteiger charge is 2.29. The summed E-state index contributed by atoms with van der Waals surface area (Å²) in [7, 11) is -3.67. The standard InChI is InChI=1S/C19H22FNO4S.C2H4O2/c1-3-21(11-14-7-5-4-6-8-14)12-15-13-24-16-9-10-17(26(2,22)23)18(20)19(16)25-15;1-2(3)4/h4-10,15H,3,11-13H2,1-2H3;1H3,(H,3,4)/t15-;/m0./s1. The first-order valence-electron chi connectivity index (χ1n) is 9.39. The summed E-state index contributed by atoms with van der Waals surface area (Å²) < 4.78 is 49.4. The van der Waals surface area contributed by atoms with Crippen molar-refractivity contribution in [3.63, 3.8) is 0 Å². The van der Waals surface area contributed by atoms with Crippen LogP contribution in [0.5, 0.6) is 11.5 Å². The number of halogens is 1. The van der Waals surface area contributed by atoms with Crippen LogP contribution in [0.15, 0.2) is 47.4 Å². The Morgan fingerprint density at radius 1 is 1.23 bits per heavy atom. The van der Waals surface area contributed by atoms with Gasteiger partial charge in [0.05, 0.1) is 0 Å². The van der Waals surface area contributed by atoms with Gasteiger partial charge in [-0.05, 0) is 24.2 Å². The molecular formula is C21H26FNO6S. The van der Waals surface area contributed by atoms with Crippen LogP contribution in [-0.4, -0.2) is 56.4 Å². The molecule has 1 aliphatic heterocycles. The molecule has 1 aliphatic rings. The molecule has 9 heteroatoms. The molecule has 0 aliphatic carbocycles. The molecule has 2 aromatic carbocycles. The Morgan fingerprint density at radius 2 is 1.87 bits per heavy atom. The van der Waals surface area contributed by atoms with Crippen molar-refractivity contribution in [1.82, 2.24) is 4.90 Å². The molecule has 2 aromatic rings. The molecule has 0 bridgehead atoms. The molecule has 0 saturated carbocycles. The average molecular weight is 440 g/mol. The summed E-state index contributed by atoms with van der Waals surface area (Å²) in [4.78, 5) is 10.8. The van der Waals surface area contributed by atoms with Crippen molar-refractivity contribution < 1.29 is 32.2 Å². The second-order valence-electron chi connectivity index (χ2n) is 6.86. The van der Waals surface area contributed by atoms with Gasteiger partial charge >= 0.3 is 0 Å². The van der Waals surface area contributed by atoms with Crippen LogP contribution in [0.1, 0.15) is 19.4 Å². The number of benzene rings is 2. The lowest BCUT2D eigenvalue weighted by atomic mass is 10.2. The van der Waals surface area contributed by atoms with E-state index in [2.05, 4.69) is 4.90 Å². The van der Waals surface area contributed by atoms with Crippen LogP contribution < -0.4 is 9.47 Å². The van der Waals surface area contributed by atoms with Crippen LogP contribution in [0, 0.1) is 5.82 Å². The van der Waals surface area contributed by atoms with Gasteiger partial charge in [0, 0.05) is 26.3 Å². The van der Waals surface area contributed by atoms with Crippen molar-refractivity contribution in [3.05, 3.63) is 53.8 Å². The molecule has 30 heavy (non-hydrogen) atoms. The lowest BCUT2D eigenvalue weighted by Crippen LogP contribution is -2.41. The second-order valence-corrected chi connectivity index (χ2v) is 8.84. The Morgan fingerprint density at radius 3 is 2.43 bits per heavy atom. The summed E-state index contributed by atoms with van der Waals surface area (Å²) in [5.41, 5.74) is 1.18. The van der Waals surface area contributed by atoms with Gasteiger partial charge in [0.2, 0.25) is 0 Å². The molecule has 164 valence electrons. The van der Waals surface area contributed by atoms with E-state index in [0.717, 1.165) is 26.3 Å². The number of fused-ring (bicyclic) bond motifs is 1. The van der Waals surface area contributed by atoms with E-state index < -0.39 is 21.6 Å². The van der Waals surface area contributed by atoms with E-state index in [1.165, 1.54) is 17.7 Å². The van der Waals surface area contributed by atoms with E-state index >= 15 is 0 Å². The van der Waals surface area contributed by atoms with Crippen molar-refractivity contribution in [2.45, 2.75) is 31.4 Å². The Hall–Kier alpha value is -2.65. The van der Waals surface area contributed by atoms with Crippen molar-refractivity contribution in [3.8, 4) is 11.5 Å². The first kappa shape index (κ1) is 23.6. The highest BCUT2D eigenvalue weighted by Crippen LogP contribution is 2.37. The smallest absolute Gasteiger partial charge is 0.300 e. The summed E-state index contributed by atoms with van der Waals surface area (Å²) in [6, 6.07) is 12.7. The molecule has 3 rings (SSSR count). The van der Waals surface area contributed by atoms with Gasteiger partial charge in [-0.1, -0.05) is 37.3 Å². The summed E-state index contributed by atoms with van der Waals surface area (Å²) in [6.07, 6.45) is 0.591. The number of hydrogen-bond acceptors (Lipinski definition) is 6. The average Bonchev–Trinajstić information content (AvgIpc) is 2.67. The molecule has 1 atom stereocenters. The maximum atomic E-state index is 14.6. The third kappa shape index (κ3) is 6.70. The number of rotatable bonds is 6. The summed E-state index contributed by atoms with van der Waals surface area (Å²) >= 11 is 0. The van der Waals surface area contributed by atoms with Gasteiger partial charge in [0.25, 0.3) is 5.97 Å². The Kier molecular flexibility index (Phi) is 8.19. The van der Waals surface area contributed by atoms with Gasteiger partial charge in [0.1, 0.15) is 17.6 Å². The maximum absolute atomic E-state index is 14.6. The number of aliphatic carboxylic acids is 1. The van der Waals surface area contributed by atoms with Gasteiger partial charge in [-0.2, -0.15) is 0 Å². The topological polar surface area (TPSA) is 93.1 Å². The Balaban J connectivity index is 0.000000735. The second kappa shape index (κ2) is 10.4. The first-order valence-corrected chi connectivity index (χ1v) is 11.3. The molecular weight excluding hydrogens is 413 g/mol. The van der Waals surface area contributed by atoms with Crippen molar-refractivity contribution in [2.75, 3.05) is 26.0 Å². The van der Waals surface area contributed by atoms with Crippen LogP contribution in [0.4, 0.5) is 4.39 Å². The number of ether oxygens (including phenoxy) is 2. The van der Waals surface area contributed by atoms with Gasteiger partial charge < -0.3 is 14.6 Å². The molecule has 0 radical (unpaired) electrons. The van der Waals surface area contributed by atoms with E-state index in [1.54, 1.807) is 0 Å². The van der Waals surface area contributed by atoms with Crippen LogP contribution in [-0.2, 0) is 21.2 Å². The van der Waals surface area contributed by atoms with Gasteiger partial charge in [-0.15, -0.1) is 0 Å². The SMILES string of the molecule is CC(=O)O.CCN(Cc1ccccc1)C[C@H]1COc2ccc(S(C)(=O)=O)c(F)c2O1. The fourth-order valence-electron chi connectivity index (χ4n) is 2.94. The lowest BCUT2D eigenvalue weighted by molar-refractivity contribution is -0.134. The van der Waals surface area contributed by atoms with E-state index in [0.29, 0.717) is 6.54 Å². The highest BCUT2D eigenvalue weighted by atomic mass is 32.2. The minimum absolute atomic E-state index is 0.125. The van der Waals surface area contributed by atoms with Crippen LogP contribution in [0.3, 0.4) is 0 Å². The summed E-state index contributed by atoms with van der Waals surface area (Å²) in [6.45, 7) is 5.51. The molecule has 0 unspecified atom stereocenters. The van der Waals surface area contributed by atoms with Gasteiger partial charge in [-0.25, -0.2) is 12.8 Å². The zero-order valence-electron chi connectivity index (χ0n) is 17.2. The van der Waals surface area contributed by atoms with E-state index in [1.807, 2.05) is 37.3 Å². The van der Waals surface area contributed by atoms with Crippen LogP contribution >= 0.6 is 0 Å². The van der Waals surface area contributed by atoms with Gasteiger partial charge in [-0.3, -0.25) is 9.69 Å². The molecule has 0 spiro atoms. The quantitative estimate of drug-likeness (QED) is 0.740. The van der Waals surface area contributed by atoms with Crippen molar-refractivity contribution in [2.24, 2.45) is 0 Å². The van der Waals surface area contributed by atoms with Crippen LogP contribution in [0.25, 0.3) is 0 Å². The Bertz CT molecular complexity index is 961. The largest absolute Gasteiger partial charge is 0.486 e. The molecule has 0 aromatic heterocycles. The third-order valence-electron chi connectivity index (χ3n) is 4.29. The highest BCUT2D eigenvalue weighted by molar-refractivity contribution is 7.90. The zero-order chi connectivity index (χ0) is 22.3. The monoisotopic (exact) mass is 439 g/mol. The molecule has 0 saturated heterocycles. The first-order chi connectivity index (χ1) is 14.1. The summed E-state index contributed by atoms with van der Waals surface area (Å²) in [5.74, 6) is -1.61. The molecule has 7 nitrogen and oxygen atoms in total. The zero-order valence-corrected chi connectivity index (χ0v) is 18.0. The van der Waals surface area contributed by atoms with E-state index in [9.17, 15) is 12.8 Å². The van der Waals surface area contributed by atoms with Crippen molar-refractivity contribution in [1.29, 1.82) is 0 Å². The molecule has 1 N–H and O–H groups in total.